The molecule has 0 aliphatic rings. The summed E-state index contributed by atoms with van der Waals surface area (Å²) in [5.41, 5.74) is 6.62. The summed E-state index contributed by atoms with van der Waals surface area (Å²) in [6.07, 6.45) is 3.80. The fourth-order valence-electron chi connectivity index (χ4n) is 1.51. The number of nitriles is 1. The third-order valence-electron chi connectivity index (χ3n) is 2.43. The van der Waals surface area contributed by atoms with Gasteiger partial charge in [-0.25, -0.2) is 0 Å². The number of hydrogen-bond acceptors (Lipinski definition) is 4. The zero-order valence-corrected chi connectivity index (χ0v) is 9.85. The Balaban J connectivity index is 2.34. The van der Waals surface area contributed by atoms with Gasteiger partial charge in [0, 0.05) is 12.3 Å². The minimum atomic E-state index is 0.247. The normalized spacial score (nSPS) is 9.88. The second kappa shape index (κ2) is 7.53. The minimum Gasteiger partial charge on any atom is -0.492 e. The first-order chi connectivity index (χ1) is 8.27. The zero-order valence-electron chi connectivity index (χ0n) is 9.85. The summed E-state index contributed by atoms with van der Waals surface area (Å²) >= 11 is 0. The molecular weight excluding hydrogens is 216 g/mol. The van der Waals surface area contributed by atoms with Crippen LogP contribution < -0.4 is 10.5 Å². The van der Waals surface area contributed by atoms with Crippen LogP contribution in [0.3, 0.4) is 0 Å². The summed E-state index contributed by atoms with van der Waals surface area (Å²) in [5.74, 6) is 0.587. The number of aliphatic hydroxyl groups excluding tert-OH is 1. The van der Waals surface area contributed by atoms with Crippen LogP contribution in [-0.2, 0) is 0 Å². The van der Waals surface area contributed by atoms with Crippen molar-refractivity contribution in [3.8, 4) is 11.8 Å². The molecule has 4 heteroatoms. The maximum atomic E-state index is 8.90. The molecule has 0 atom stereocenters. The molecule has 0 fully saturated rings. The first kappa shape index (κ1) is 13.3. The third kappa shape index (κ3) is 4.75. The topological polar surface area (TPSA) is 79.3 Å². The summed E-state index contributed by atoms with van der Waals surface area (Å²) in [5, 5.41) is 17.5. The number of nitrogen functional groups attached to an aromatic ring is 1. The summed E-state index contributed by atoms with van der Waals surface area (Å²) < 4.78 is 5.52. The van der Waals surface area contributed by atoms with Gasteiger partial charge in [0.25, 0.3) is 0 Å². The lowest BCUT2D eigenvalue weighted by molar-refractivity contribution is 0.273. The molecule has 0 bridgehead atoms. The number of unbranched alkanes of at least 4 members (excludes halogenated alkanes) is 3. The van der Waals surface area contributed by atoms with Crippen LogP contribution >= 0.6 is 0 Å². The van der Waals surface area contributed by atoms with Crippen molar-refractivity contribution in [3.63, 3.8) is 0 Å². The van der Waals surface area contributed by atoms with E-state index in [0.717, 1.165) is 25.7 Å². The molecule has 0 aromatic heterocycles. The highest BCUT2D eigenvalue weighted by molar-refractivity contribution is 5.53. The van der Waals surface area contributed by atoms with Gasteiger partial charge < -0.3 is 15.6 Å². The van der Waals surface area contributed by atoms with E-state index in [1.807, 2.05) is 0 Å². The van der Waals surface area contributed by atoms with Crippen LogP contribution in [-0.4, -0.2) is 18.3 Å². The van der Waals surface area contributed by atoms with Crippen LogP contribution in [0.1, 0.15) is 31.2 Å². The van der Waals surface area contributed by atoms with Gasteiger partial charge in [0.2, 0.25) is 0 Å². The fraction of sp³-hybridized carbons (Fsp3) is 0.462. The van der Waals surface area contributed by atoms with E-state index in [-0.39, 0.29) is 6.61 Å². The lowest BCUT2D eigenvalue weighted by Gasteiger charge is -2.08. The zero-order chi connectivity index (χ0) is 12.5. The number of nitrogens with two attached hydrogens (primary N) is 1. The lowest BCUT2D eigenvalue weighted by atomic mass is 10.2. The Kier molecular flexibility index (Phi) is 5.91. The third-order valence-corrected chi connectivity index (χ3v) is 2.43. The molecule has 0 spiro atoms. The molecule has 4 nitrogen and oxygen atoms in total. The van der Waals surface area contributed by atoms with Gasteiger partial charge in [0.15, 0.2) is 0 Å². The maximum absolute atomic E-state index is 8.90. The number of anilines is 1. The monoisotopic (exact) mass is 234 g/mol. The number of nitrogens with zero attached hydrogens (tertiary/aromatic N) is 1. The number of rotatable bonds is 7. The fourth-order valence-corrected chi connectivity index (χ4v) is 1.51. The van der Waals surface area contributed by atoms with Crippen molar-refractivity contribution >= 4 is 5.69 Å². The van der Waals surface area contributed by atoms with E-state index in [4.69, 9.17) is 20.8 Å². The first-order valence-corrected chi connectivity index (χ1v) is 5.81. The molecule has 17 heavy (non-hydrogen) atoms. The highest BCUT2D eigenvalue weighted by Crippen LogP contribution is 2.20. The Morgan fingerprint density at radius 2 is 2.00 bits per heavy atom. The average Bonchev–Trinajstić information content (AvgIpc) is 2.35. The second-order valence-electron chi connectivity index (χ2n) is 3.85. The number of aliphatic hydroxyl groups is 1. The molecule has 92 valence electrons. The van der Waals surface area contributed by atoms with E-state index < -0.39 is 0 Å². The quantitative estimate of drug-likeness (QED) is 0.559. The van der Waals surface area contributed by atoms with Gasteiger partial charge in [-0.05, 0) is 37.5 Å². The molecule has 0 saturated heterocycles. The molecule has 1 rings (SSSR count). The Hall–Kier alpha value is -1.73. The molecular formula is C13H18N2O2. The van der Waals surface area contributed by atoms with Crippen molar-refractivity contribution in [2.45, 2.75) is 25.7 Å². The first-order valence-electron chi connectivity index (χ1n) is 5.81. The van der Waals surface area contributed by atoms with Gasteiger partial charge in [-0.3, -0.25) is 0 Å². The number of benzene rings is 1. The van der Waals surface area contributed by atoms with E-state index in [0.29, 0.717) is 23.6 Å². The summed E-state index contributed by atoms with van der Waals surface area (Å²) in [6, 6.07) is 7.12. The van der Waals surface area contributed by atoms with Crippen molar-refractivity contribution < 1.29 is 9.84 Å². The highest BCUT2D eigenvalue weighted by atomic mass is 16.5. The summed E-state index contributed by atoms with van der Waals surface area (Å²) in [6.45, 7) is 0.835. The molecule has 0 heterocycles. The molecule has 0 aliphatic heterocycles. The maximum Gasteiger partial charge on any atom is 0.137 e. The van der Waals surface area contributed by atoms with E-state index in [2.05, 4.69) is 6.07 Å². The van der Waals surface area contributed by atoms with Gasteiger partial charge in [-0.15, -0.1) is 0 Å². The Morgan fingerprint density at radius 3 is 2.71 bits per heavy atom. The minimum absolute atomic E-state index is 0.247. The standard InChI is InChI=1S/C13H18N2O2/c14-10-11-9-12(15)5-6-13(11)17-8-4-2-1-3-7-16/h5-6,9,16H,1-4,7-8,15H2. The smallest absolute Gasteiger partial charge is 0.137 e. The molecule has 0 aliphatic carbocycles. The van der Waals surface area contributed by atoms with Gasteiger partial charge in [-0.2, -0.15) is 5.26 Å². The van der Waals surface area contributed by atoms with Crippen LogP contribution in [0.25, 0.3) is 0 Å². The summed E-state index contributed by atoms with van der Waals surface area (Å²) in [7, 11) is 0. The predicted molar refractivity (Wildman–Crippen MR) is 66.6 cm³/mol. The van der Waals surface area contributed by atoms with Crippen LogP contribution in [0.15, 0.2) is 18.2 Å². The molecule has 0 saturated carbocycles. The Labute approximate surface area is 102 Å². The second-order valence-corrected chi connectivity index (χ2v) is 3.85. The lowest BCUT2D eigenvalue weighted by Crippen LogP contribution is -2.00. The van der Waals surface area contributed by atoms with Crippen LogP contribution in [0, 0.1) is 11.3 Å². The van der Waals surface area contributed by atoms with Gasteiger partial charge in [0.1, 0.15) is 11.8 Å². The average molecular weight is 234 g/mol. The molecule has 1 aromatic rings. The van der Waals surface area contributed by atoms with E-state index >= 15 is 0 Å². The molecule has 0 unspecified atom stereocenters. The van der Waals surface area contributed by atoms with Crippen molar-refractivity contribution in [2.75, 3.05) is 18.9 Å². The van der Waals surface area contributed by atoms with Gasteiger partial charge in [-0.1, -0.05) is 6.42 Å². The Bertz CT molecular complexity index is 385. The van der Waals surface area contributed by atoms with Crippen molar-refractivity contribution in [3.05, 3.63) is 23.8 Å². The number of ether oxygens (including phenoxy) is 1. The molecule has 1 aromatic carbocycles. The van der Waals surface area contributed by atoms with Crippen LogP contribution in [0.2, 0.25) is 0 Å². The van der Waals surface area contributed by atoms with Crippen molar-refractivity contribution in [1.82, 2.24) is 0 Å². The van der Waals surface area contributed by atoms with Gasteiger partial charge >= 0.3 is 0 Å². The highest BCUT2D eigenvalue weighted by Gasteiger charge is 2.03. The Morgan fingerprint density at radius 1 is 1.24 bits per heavy atom. The largest absolute Gasteiger partial charge is 0.492 e. The number of hydrogen-bond donors (Lipinski definition) is 2. The molecule has 3 N–H and O–H groups in total. The van der Waals surface area contributed by atoms with E-state index in [9.17, 15) is 0 Å². The summed E-state index contributed by atoms with van der Waals surface area (Å²) in [4.78, 5) is 0. The van der Waals surface area contributed by atoms with Crippen molar-refractivity contribution in [2.24, 2.45) is 0 Å². The predicted octanol–water partition coefficient (Wildman–Crippen LogP) is 2.07. The van der Waals surface area contributed by atoms with E-state index in [1.54, 1.807) is 18.2 Å². The van der Waals surface area contributed by atoms with E-state index in [1.165, 1.54) is 0 Å². The SMILES string of the molecule is N#Cc1cc(N)ccc1OCCCCCCO. The van der Waals surface area contributed by atoms with Gasteiger partial charge in [0.05, 0.1) is 12.2 Å². The van der Waals surface area contributed by atoms with Crippen molar-refractivity contribution in [1.29, 1.82) is 5.26 Å². The van der Waals surface area contributed by atoms with Crippen LogP contribution in [0.4, 0.5) is 5.69 Å². The molecule has 0 amide bonds. The van der Waals surface area contributed by atoms with Crippen LogP contribution in [0.5, 0.6) is 5.75 Å². The molecule has 0 radical (unpaired) electrons.